The van der Waals surface area contributed by atoms with Crippen molar-refractivity contribution in [3.8, 4) is 6.07 Å². The monoisotopic (exact) mass is 300 g/mol. The minimum Gasteiger partial charge on any atom is -0.402 e. The molecule has 0 unspecified atom stereocenters. The van der Waals surface area contributed by atoms with Gasteiger partial charge in [-0.15, -0.1) is 0 Å². The van der Waals surface area contributed by atoms with Crippen LogP contribution in [0.2, 0.25) is 0 Å². The average Bonchev–Trinajstić information content (AvgIpc) is 2.68. The number of rotatable bonds is 4. The van der Waals surface area contributed by atoms with E-state index >= 15 is 0 Å². The second kappa shape index (κ2) is 6.11. The zero-order chi connectivity index (χ0) is 16.4. The van der Waals surface area contributed by atoms with Crippen molar-refractivity contribution in [2.24, 2.45) is 0 Å². The van der Waals surface area contributed by atoms with Gasteiger partial charge in [-0.2, -0.15) is 5.26 Å². The van der Waals surface area contributed by atoms with Crippen molar-refractivity contribution < 1.29 is 14.1 Å². The number of hydrogen-bond acceptors (Lipinski definition) is 4. The molecule has 5 nitrogen and oxygen atoms in total. The van der Waals surface area contributed by atoms with Crippen molar-refractivity contribution in [1.82, 2.24) is 5.32 Å². The van der Waals surface area contributed by atoms with Crippen LogP contribution in [0.3, 0.4) is 0 Å². The molecule has 1 amide bonds. The van der Waals surface area contributed by atoms with Crippen LogP contribution in [0.25, 0.3) is 0 Å². The van der Waals surface area contributed by atoms with E-state index in [9.17, 15) is 4.79 Å². The molecule has 2 rings (SSSR count). The van der Waals surface area contributed by atoms with Crippen LogP contribution in [0.5, 0.6) is 0 Å². The molecule has 1 aromatic carbocycles. The summed E-state index contributed by atoms with van der Waals surface area (Å²) in [6.07, 6.45) is 0.120. The number of carbonyl (C=O) groups is 1. The Hall–Kier alpha value is -1.84. The molecule has 1 fully saturated rings. The van der Waals surface area contributed by atoms with E-state index in [0.717, 1.165) is 0 Å². The van der Waals surface area contributed by atoms with E-state index < -0.39 is 24.3 Å². The van der Waals surface area contributed by atoms with Crippen molar-refractivity contribution in [2.75, 3.05) is 0 Å². The summed E-state index contributed by atoms with van der Waals surface area (Å²) < 4.78 is 11.9. The van der Waals surface area contributed by atoms with Gasteiger partial charge < -0.3 is 14.6 Å². The lowest BCUT2D eigenvalue weighted by Crippen LogP contribution is -2.47. The lowest BCUT2D eigenvalue weighted by atomic mass is 9.76. The zero-order valence-corrected chi connectivity index (χ0v) is 13.4. The molecule has 1 N–H and O–H groups in total. The number of nitrogens with zero attached hydrogens (tertiary/aromatic N) is 1. The van der Waals surface area contributed by atoms with E-state index in [-0.39, 0.29) is 12.3 Å². The fourth-order valence-electron chi connectivity index (χ4n) is 2.21. The van der Waals surface area contributed by atoms with Gasteiger partial charge in [-0.25, -0.2) is 0 Å². The SMILES string of the molecule is CC1(C)OB([C@@H](CC#N)NC(=O)c2ccccc2)OC1(C)C. The Morgan fingerprint density at radius 1 is 1.23 bits per heavy atom. The maximum absolute atomic E-state index is 12.3. The van der Waals surface area contributed by atoms with Crippen molar-refractivity contribution >= 4 is 13.0 Å². The summed E-state index contributed by atoms with van der Waals surface area (Å²) in [4.78, 5) is 12.3. The molecule has 6 heteroatoms. The average molecular weight is 300 g/mol. The van der Waals surface area contributed by atoms with Gasteiger partial charge in [0.25, 0.3) is 5.91 Å². The van der Waals surface area contributed by atoms with Gasteiger partial charge in [0.05, 0.1) is 29.6 Å². The zero-order valence-electron chi connectivity index (χ0n) is 13.4. The lowest BCUT2D eigenvalue weighted by Gasteiger charge is -2.32. The molecule has 1 saturated heterocycles. The van der Waals surface area contributed by atoms with Gasteiger partial charge >= 0.3 is 7.12 Å². The first kappa shape index (κ1) is 16.5. The molecule has 0 aromatic heterocycles. The van der Waals surface area contributed by atoms with Crippen LogP contribution in [-0.4, -0.2) is 30.2 Å². The summed E-state index contributed by atoms with van der Waals surface area (Å²) in [7, 11) is -0.641. The fraction of sp³-hybridized carbons (Fsp3) is 0.500. The predicted octanol–water partition coefficient (Wildman–Crippen LogP) is 2.33. The maximum atomic E-state index is 12.3. The maximum Gasteiger partial charge on any atom is 0.482 e. The number of carbonyl (C=O) groups excluding carboxylic acids is 1. The standard InChI is InChI=1S/C16H21BN2O3/c1-15(2)16(3,4)22-17(21-15)13(10-11-18)19-14(20)12-8-6-5-7-9-12/h5-9,13H,10H2,1-4H3,(H,19,20)/t13-/m1/s1. The molecule has 1 heterocycles. The molecule has 1 atom stereocenters. The van der Waals surface area contributed by atoms with Crippen LogP contribution < -0.4 is 5.32 Å². The van der Waals surface area contributed by atoms with Gasteiger partial charge in [0.2, 0.25) is 0 Å². The number of nitriles is 1. The first-order valence-electron chi connectivity index (χ1n) is 7.35. The fourth-order valence-corrected chi connectivity index (χ4v) is 2.21. The number of amides is 1. The molecular weight excluding hydrogens is 279 g/mol. The summed E-state index contributed by atoms with van der Waals surface area (Å²) >= 11 is 0. The van der Waals surface area contributed by atoms with E-state index in [2.05, 4.69) is 11.4 Å². The summed E-state index contributed by atoms with van der Waals surface area (Å²) in [6.45, 7) is 7.76. The van der Waals surface area contributed by atoms with Gasteiger partial charge in [-0.1, -0.05) is 18.2 Å². The van der Waals surface area contributed by atoms with Crippen LogP contribution >= 0.6 is 0 Å². The Balaban J connectivity index is 2.12. The Morgan fingerprint density at radius 2 is 1.77 bits per heavy atom. The summed E-state index contributed by atoms with van der Waals surface area (Å²) in [6, 6.07) is 11.0. The van der Waals surface area contributed by atoms with Crippen LogP contribution in [0.15, 0.2) is 30.3 Å². The molecule has 0 spiro atoms. The molecule has 0 saturated carbocycles. The first-order chi connectivity index (χ1) is 10.3. The third kappa shape index (κ3) is 3.32. The van der Waals surface area contributed by atoms with Crippen molar-refractivity contribution in [3.05, 3.63) is 35.9 Å². The number of benzene rings is 1. The Morgan fingerprint density at radius 3 is 2.27 bits per heavy atom. The van der Waals surface area contributed by atoms with Crippen molar-refractivity contribution in [3.63, 3.8) is 0 Å². The van der Waals surface area contributed by atoms with Gasteiger partial charge in [0.15, 0.2) is 0 Å². The lowest BCUT2D eigenvalue weighted by molar-refractivity contribution is 0.00578. The quantitative estimate of drug-likeness (QED) is 0.866. The minimum atomic E-state index is -0.641. The third-order valence-corrected chi connectivity index (χ3v) is 4.26. The molecule has 1 aliphatic heterocycles. The Kier molecular flexibility index (Phi) is 4.59. The van der Waals surface area contributed by atoms with Gasteiger partial charge in [-0.3, -0.25) is 4.79 Å². The third-order valence-electron chi connectivity index (χ3n) is 4.26. The molecule has 0 radical (unpaired) electrons. The van der Waals surface area contributed by atoms with Gasteiger partial charge in [0.1, 0.15) is 0 Å². The molecule has 0 aliphatic carbocycles. The number of nitrogens with one attached hydrogen (secondary N) is 1. The van der Waals surface area contributed by atoms with E-state index in [1.807, 2.05) is 33.8 Å². The summed E-state index contributed by atoms with van der Waals surface area (Å²) in [5.41, 5.74) is -0.451. The Labute approximate surface area is 131 Å². The van der Waals surface area contributed by atoms with Crippen molar-refractivity contribution in [2.45, 2.75) is 51.3 Å². The second-order valence-electron chi connectivity index (χ2n) is 6.43. The second-order valence-corrected chi connectivity index (χ2v) is 6.43. The van der Waals surface area contributed by atoms with E-state index in [1.54, 1.807) is 24.3 Å². The molecule has 0 bridgehead atoms. The smallest absolute Gasteiger partial charge is 0.402 e. The van der Waals surface area contributed by atoms with E-state index in [0.29, 0.717) is 5.56 Å². The molecule has 116 valence electrons. The normalized spacial score (nSPS) is 20.2. The van der Waals surface area contributed by atoms with E-state index in [1.165, 1.54) is 0 Å². The van der Waals surface area contributed by atoms with Crippen LogP contribution in [0.1, 0.15) is 44.5 Å². The summed E-state index contributed by atoms with van der Waals surface area (Å²) in [5, 5.41) is 11.9. The number of hydrogen-bond donors (Lipinski definition) is 1. The molecular formula is C16H21BN2O3. The highest BCUT2D eigenvalue weighted by Crippen LogP contribution is 2.37. The van der Waals surface area contributed by atoms with Gasteiger partial charge in [0, 0.05) is 5.56 Å². The molecule has 1 aliphatic rings. The largest absolute Gasteiger partial charge is 0.482 e. The topological polar surface area (TPSA) is 71.3 Å². The van der Waals surface area contributed by atoms with Crippen LogP contribution in [-0.2, 0) is 9.31 Å². The predicted molar refractivity (Wildman–Crippen MR) is 84.0 cm³/mol. The molecule has 1 aromatic rings. The molecule has 22 heavy (non-hydrogen) atoms. The Bertz CT molecular complexity index is 565. The minimum absolute atomic E-state index is 0.120. The van der Waals surface area contributed by atoms with Crippen LogP contribution in [0.4, 0.5) is 0 Å². The highest BCUT2D eigenvalue weighted by molar-refractivity contribution is 6.48. The first-order valence-corrected chi connectivity index (χ1v) is 7.35. The highest BCUT2D eigenvalue weighted by atomic mass is 16.7. The summed E-state index contributed by atoms with van der Waals surface area (Å²) in [5.74, 6) is -0.755. The van der Waals surface area contributed by atoms with Crippen molar-refractivity contribution in [1.29, 1.82) is 5.26 Å². The van der Waals surface area contributed by atoms with Crippen LogP contribution in [0, 0.1) is 11.3 Å². The van der Waals surface area contributed by atoms with E-state index in [4.69, 9.17) is 14.6 Å². The highest BCUT2D eigenvalue weighted by Gasteiger charge is 2.54. The van der Waals surface area contributed by atoms with Gasteiger partial charge in [-0.05, 0) is 39.8 Å².